The SMILES string of the molecule is Cc1ccc(CNC(=O)C2CC(=O)N(c3cc(Cl)cc(Cl)c3)C2)cc1. The van der Waals surface area contributed by atoms with Crippen molar-refractivity contribution in [2.45, 2.75) is 19.9 Å². The van der Waals surface area contributed by atoms with Crippen LogP contribution in [0.2, 0.25) is 10.0 Å². The topological polar surface area (TPSA) is 49.4 Å². The Balaban J connectivity index is 1.63. The summed E-state index contributed by atoms with van der Waals surface area (Å²) in [6, 6.07) is 12.9. The summed E-state index contributed by atoms with van der Waals surface area (Å²) in [5, 5.41) is 3.83. The number of amides is 2. The number of hydrogen-bond donors (Lipinski definition) is 1. The van der Waals surface area contributed by atoms with E-state index in [1.54, 1.807) is 23.1 Å². The van der Waals surface area contributed by atoms with Crippen molar-refractivity contribution in [2.24, 2.45) is 5.92 Å². The molecule has 0 aromatic heterocycles. The molecule has 2 aromatic carbocycles. The molecule has 3 rings (SSSR count). The fraction of sp³-hybridized carbons (Fsp3) is 0.263. The third-order valence-corrected chi connectivity index (χ3v) is 4.68. The lowest BCUT2D eigenvalue weighted by molar-refractivity contribution is -0.126. The average Bonchev–Trinajstić information content (AvgIpc) is 2.95. The maximum absolute atomic E-state index is 12.4. The van der Waals surface area contributed by atoms with Crippen LogP contribution in [0, 0.1) is 12.8 Å². The molecule has 1 fully saturated rings. The lowest BCUT2D eigenvalue weighted by Gasteiger charge is -2.17. The molecule has 6 heteroatoms. The van der Waals surface area contributed by atoms with Gasteiger partial charge in [0.15, 0.2) is 0 Å². The summed E-state index contributed by atoms with van der Waals surface area (Å²) < 4.78 is 0. The van der Waals surface area contributed by atoms with Crippen molar-refractivity contribution >= 4 is 40.7 Å². The molecule has 2 amide bonds. The summed E-state index contributed by atoms with van der Waals surface area (Å²) in [7, 11) is 0. The summed E-state index contributed by atoms with van der Waals surface area (Å²) in [5.74, 6) is -0.603. The number of rotatable bonds is 4. The molecule has 0 spiro atoms. The Labute approximate surface area is 156 Å². The van der Waals surface area contributed by atoms with E-state index in [-0.39, 0.29) is 24.2 Å². The molecule has 130 valence electrons. The minimum absolute atomic E-state index is 0.103. The predicted molar refractivity (Wildman–Crippen MR) is 99.9 cm³/mol. The first kappa shape index (κ1) is 17.8. The zero-order valence-electron chi connectivity index (χ0n) is 13.8. The molecular weight excluding hydrogens is 359 g/mol. The van der Waals surface area contributed by atoms with Gasteiger partial charge in [-0.1, -0.05) is 53.0 Å². The van der Waals surface area contributed by atoms with E-state index in [0.717, 1.165) is 5.56 Å². The van der Waals surface area contributed by atoms with E-state index in [4.69, 9.17) is 23.2 Å². The number of carbonyl (C=O) groups excluding carboxylic acids is 2. The Hall–Kier alpha value is -2.04. The van der Waals surface area contributed by atoms with Crippen molar-refractivity contribution in [3.8, 4) is 0 Å². The minimum atomic E-state index is -0.379. The van der Waals surface area contributed by atoms with Crippen LogP contribution in [0.25, 0.3) is 0 Å². The Kier molecular flexibility index (Phi) is 5.30. The molecule has 1 aliphatic rings. The van der Waals surface area contributed by atoms with Crippen molar-refractivity contribution in [3.05, 3.63) is 63.6 Å². The largest absolute Gasteiger partial charge is 0.352 e. The van der Waals surface area contributed by atoms with Crippen molar-refractivity contribution in [1.82, 2.24) is 5.32 Å². The maximum atomic E-state index is 12.4. The van der Waals surface area contributed by atoms with Gasteiger partial charge < -0.3 is 10.2 Å². The fourth-order valence-corrected chi connectivity index (χ4v) is 3.38. The van der Waals surface area contributed by atoms with Gasteiger partial charge in [-0.15, -0.1) is 0 Å². The number of anilines is 1. The van der Waals surface area contributed by atoms with Gasteiger partial charge in [-0.2, -0.15) is 0 Å². The monoisotopic (exact) mass is 376 g/mol. The fourth-order valence-electron chi connectivity index (χ4n) is 2.87. The van der Waals surface area contributed by atoms with Crippen LogP contribution in [-0.4, -0.2) is 18.4 Å². The molecular formula is C19H18Cl2N2O2. The molecule has 4 nitrogen and oxygen atoms in total. The quantitative estimate of drug-likeness (QED) is 0.877. The van der Waals surface area contributed by atoms with Gasteiger partial charge in [0.25, 0.3) is 0 Å². The molecule has 1 unspecified atom stereocenters. The normalized spacial score (nSPS) is 17.0. The Morgan fingerprint density at radius 2 is 1.80 bits per heavy atom. The molecule has 2 aromatic rings. The third kappa shape index (κ3) is 4.33. The van der Waals surface area contributed by atoms with E-state index >= 15 is 0 Å². The van der Waals surface area contributed by atoms with Gasteiger partial charge in [0, 0.05) is 35.2 Å². The minimum Gasteiger partial charge on any atom is -0.352 e. The van der Waals surface area contributed by atoms with Gasteiger partial charge in [-0.05, 0) is 30.7 Å². The van der Waals surface area contributed by atoms with Gasteiger partial charge in [-0.3, -0.25) is 9.59 Å². The van der Waals surface area contributed by atoms with Crippen LogP contribution < -0.4 is 10.2 Å². The van der Waals surface area contributed by atoms with Crippen LogP contribution in [0.3, 0.4) is 0 Å². The van der Waals surface area contributed by atoms with Crippen LogP contribution in [0.5, 0.6) is 0 Å². The third-order valence-electron chi connectivity index (χ3n) is 4.24. The van der Waals surface area contributed by atoms with Crippen LogP contribution >= 0.6 is 23.2 Å². The molecule has 1 atom stereocenters. The standard InChI is InChI=1S/C19H18Cl2N2O2/c1-12-2-4-13(5-3-12)10-22-19(25)14-6-18(24)23(11-14)17-8-15(20)7-16(21)9-17/h2-5,7-9,14H,6,10-11H2,1H3,(H,22,25). The van der Waals surface area contributed by atoms with Crippen LogP contribution in [0.15, 0.2) is 42.5 Å². The van der Waals surface area contributed by atoms with E-state index in [0.29, 0.717) is 28.8 Å². The molecule has 0 bridgehead atoms. The van der Waals surface area contributed by atoms with Crippen molar-refractivity contribution in [2.75, 3.05) is 11.4 Å². The Morgan fingerprint density at radius 3 is 2.44 bits per heavy atom. The molecule has 25 heavy (non-hydrogen) atoms. The molecule has 1 aliphatic heterocycles. The molecule has 0 saturated carbocycles. The summed E-state index contributed by atoms with van der Waals surface area (Å²) >= 11 is 12.0. The lowest BCUT2D eigenvalue weighted by atomic mass is 10.1. The van der Waals surface area contributed by atoms with Crippen molar-refractivity contribution in [1.29, 1.82) is 0 Å². The van der Waals surface area contributed by atoms with Crippen molar-refractivity contribution in [3.63, 3.8) is 0 Å². The molecule has 1 heterocycles. The number of aryl methyl sites for hydroxylation is 1. The second-order valence-electron chi connectivity index (χ2n) is 6.24. The van der Waals surface area contributed by atoms with Crippen LogP contribution in [0.4, 0.5) is 5.69 Å². The van der Waals surface area contributed by atoms with Gasteiger partial charge in [0.2, 0.25) is 11.8 Å². The van der Waals surface area contributed by atoms with Gasteiger partial charge >= 0.3 is 0 Å². The van der Waals surface area contributed by atoms with Gasteiger partial charge in [-0.25, -0.2) is 0 Å². The lowest BCUT2D eigenvalue weighted by Crippen LogP contribution is -2.32. The molecule has 1 saturated heterocycles. The van der Waals surface area contributed by atoms with E-state index in [2.05, 4.69) is 5.32 Å². The first-order chi connectivity index (χ1) is 11.9. The maximum Gasteiger partial charge on any atom is 0.227 e. The smallest absolute Gasteiger partial charge is 0.227 e. The average molecular weight is 377 g/mol. The first-order valence-corrected chi connectivity index (χ1v) is 8.77. The molecule has 0 aliphatic carbocycles. The highest BCUT2D eigenvalue weighted by molar-refractivity contribution is 6.35. The Bertz CT molecular complexity index is 785. The van der Waals surface area contributed by atoms with E-state index < -0.39 is 0 Å². The zero-order valence-corrected chi connectivity index (χ0v) is 15.3. The predicted octanol–water partition coefficient (Wildman–Crippen LogP) is 3.97. The van der Waals surface area contributed by atoms with Crippen molar-refractivity contribution < 1.29 is 9.59 Å². The highest BCUT2D eigenvalue weighted by atomic mass is 35.5. The second-order valence-corrected chi connectivity index (χ2v) is 7.11. The number of halogens is 2. The zero-order chi connectivity index (χ0) is 18.0. The van der Waals surface area contributed by atoms with Gasteiger partial charge in [0.05, 0.1) is 5.92 Å². The number of hydrogen-bond acceptors (Lipinski definition) is 2. The highest BCUT2D eigenvalue weighted by Gasteiger charge is 2.35. The highest BCUT2D eigenvalue weighted by Crippen LogP contribution is 2.30. The summed E-state index contributed by atoms with van der Waals surface area (Å²) in [5.41, 5.74) is 2.82. The summed E-state index contributed by atoms with van der Waals surface area (Å²) in [4.78, 5) is 26.2. The van der Waals surface area contributed by atoms with Crippen LogP contribution in [-0.2, 0) is 16.1 Å². The first-order valence-electron chi connectivity index (χ1n) is 8.02. The van der Waals surface area contributed by atoms with Gasteiger partial charge in [0.1, 0.15) is 0 Å². The number of benzene rings is 2. The van der Waals surface area contributed by atoms with Crippen LogP contribution in [0.1, 0.15) is 17.5 Å². The van der Waals surface area contributed by atoms with E-state index in [1.807, 2.05) is 31.2 Å². The van der Waals surface area contributed by atoms with E-state index in [1.165, 1.54) is 5.56 Å². The number of nitrogens with one attached hydrogen (secondary N) is 1. The van der Waals surface area contributed by atoms with E-state index in [9.17, 15) is 9.59 Å². The summed E-state index contributed by atoms with van der Waals surface area (Å²) in [6.45, 7) is 2.80. The Morgan fingerprint density at radius 1 is 1.16 bits per heavy atom. The number of carbonyl (C=O) groups is 2. The second kappa shape index (κ2) is 7.46. The molecule has 1 N–H and O–H groups in total. The summed E-state index contributed by atoms with van der Waals surface area (Å²) in [6.07, 6.45) is 0.184. The molecule has 0 radical (unpaired) electrons. The number of nitrogens with zero attached hydrogens (tertiary/aromatic N) is 1.